The van der Waals surface area contributed by atoms with Crippen LogP contribution in [0.2, 0.25) is 0 Å². The van der Waals surface area contributed by atoms with Crippen molar-refractivity contribution < 1.29 is 9.13 Å². The molecular formula is C14H20FNO. The van der Waals surface area contributed by atoms with Gasteiger partial charge in [-0.1, -0.05) is 19.1 Å². The number of nitrogens with one attached hydrogen (secondary N) is 1. The summed E-state index contributed by atoms with van der Waals surface area (Å²) >= 11 is 0. The Balaban J connectivity index is 2.17. The molecule has 94 valence electrons. The van der Waals surface area contributed by atoms with Crippen molar-refractivity contribution in [2.24, 2.45) is 5.92 Å². The van der Waals surface area contributed by atoms with Gasteiger partial charge in [-0.25, -0.2) is 4.39 Å². The van der Waals surface area contributed by atoms with Crippen molar-refractivity contribution in [1.82, 2.24) is 5.32 Å². The minimum atomic E-state index is -0.204. The highest BCUT2D eigenvalue weighted by molar-refractivity contribution is 5.20. The molecule has 0 amide bonds. The molecule has 17 heavy (non-hydrogen) atoms. The van der Waals surface area contributed by atoms with Crippen molar-refractivity contribution >= 4 is 0 Å². The van der Waals surface area contributed by atoms with Crippen molar-refractivity contribution in [2.75, 3.05) is 6.61 Å². The number of rotatable bonds is 1. The summed E-state index contributed by atoms with van der Waals surface area (Å²) in [5.74, 6) is 0.285. The Hall–Kier alpha value is -0.930. The third kappa shape index (κ3) is 2.85. The fourth-order valence-corrected chi connectivity index (χ4v) is 2.25. The molecule has 1 aromatic rings. The minimum Gasteiger partial charge on any atom is -0.372 e. The van der Waals surface area contributed by atoms with Crippen molar-refractivity contribution in [3.8, 4) is 0 Å². The Morgan fingerprint density at radius 2 is 1.76 bits per heavy atom. The van der Waals surface area contributed by atoms with Gasteiger partial charge in [0.05, 0.1) is 12.7 Å². The van der Waals surface area contributed by atoms with Crippen LogP contribution in [-0.4, -0.2) is 18.7 Å². The summed E-state index contributed by atoms with van der Waals surface area (Å²) in [4.78, 5) is 0. The maximum absolute atomic E-state index is 12.9. The van der Waals surface area contributed by atoms with E-state index in [1.807, 2.05) is 0 Å². The SMILES string of the molecule is CC1COC(c2ccc(F)cc2)C(C)NC1C. The van der Waals surface area contributed by atoms with E-state index in [1.165, 1.54) is 12.1 Å². The van der Waals surface area contributed by atoms with Crippen LogP contribution in [0.25, 0.3) is 0 Å². The van der Waals surface area contributed by atoms with Gasteiger partial charge in [0.1, 0.15) is 5.82 Å². The van der Waals surface area contributed by atoms with E-state index in [2.05, 4.69) is 26.1 Å². The zero-order valence-electron chi connectivity index (χ0n) is 10.6. The van der Waals surface area contributed by atoms with Gasteiger partial charge in [-0.05, 0) is 37.5 Å². The maximum Gasteiger partial charge on any atom is 0.123 e. The Morgan fingerprint density at radius 1 is 1.12 bits per heavy atom. The van der Waals surface area contributed by atoms with E-state index in [4.69, 9.17) is 4.74 Å². The smallest absolute Gasteiger partial charge is 0.123 e. The van der Waals surface area contributed by atoms with Crippen LogP contribution >= 0.6 is 0 Å². The minimum absolute atomic E-state index is 0.00278. The van der Waals surface area contributed by atoms with E-state index in [0.717, 1.165) is 12.2 Å². The molecule has 0 aliphatic carbocycles. The molecule has 1 heterocycles. The molecule has 1 aromatic carbocycles. The van der Waals surface area contributed by atoms with Crippen LogP contribution in [0.5, 0.6) is 0 Å². The molecule has 1 aliphatic heterocycles. The molecule has 1 saturated heterocycles. The van der Waals surface area contributed by atoms with Crippen LogP contribution in [-0.2, 0) is 4.74 Å². The predicted octanol–water partition coefficient (Wildman–Crippen LogP) is 2.90. The first-order chi connectivity index (χ1) is 8.08. The quantitative estimate of drug-likeness (QED) is 0.811. The lowest BCUT2D eigenvalue weighted by atomic mass is 10.0. The van der Waals surface area contributed by atoms with Gasteiger partial charge in [0.2, 0.25) is 0 Å². The highest BCUT2D eigenvalue weighted by atomic mass is 19.1. The molecule has 1 N–H and O–H groups in total. The zero-order valence-corrected chi connectivity index (χ0v) is 10.6. The molecule has 4 atom stereocenters. The molecular weight excluding hydrogens is 217 g/mol. The van der Waals surface area contributed by atoms with Gasteiger partial charge in [-0.3, -0.25) is 0 Å². The first-order valence-electron chi connectivity index (χ1n) is 6.21. The average Bonchev–Trinajstić information content (AvgIpc) is 2.42. The highest BCUT2D eigenvalue weighted by Crippen LogP contribution is 2.26. The van der Waals surface area contributed by atoms with Gasteiger partial charge in [-0.2, -0.15) is 0 Å². The van der Waals surface area contributed by atoms with E-state index in [9.17, 15) is 4.39 Å². The van der Waals surface area contributed by atoms with Crippen LogP contribution in [0, 0.1) is 11.7 Å². The van der Waals surface area contributed by atoms with Crippen LogP contribution in [0.15, 0.2) is 24.3 Å². The molecule has 0 aromatic heterocycles. The monoisotopic (exact) mass is 237 g/mol. The van der Waals surface area contributed by atoms with Crippen LogP contribution in [0.1, 0.15) is 32.4 Å². The van der Waals surface area contributed by atoms with Gasteiger partial charge in [0.15, 0.2) is 0 Å². The first-order valence-corrected chi connectivity index (χ1v) is 6.21. The Bertz CT molecular complexity index is 365. The molecule has 1 aliphatic rings. The van der Waals surface area contributed by atoms with E-state index in [-0.39, 0.29) is 18.0 Å². The van der Waals surface area contributed by atoms with Gasteiger partial charge < -0.3 is 10.1 Å². The van der Waals surface area contributed by atoms with E-state index in [0.29, 0.717) is 12.0 Å². The summed E-state index contributed by atoms with van der Waals surface area (Å²) in [7, 11) is 0. The normalized spacial score (nSPS) is 34.4. The number of hydrogen-bond donors (Lipinski definition) is 1. The summed E-state index contributed by atoms with van der Waals surface area (Å²) in [6.45, 7) is 7.21. The average molecular weight is 237 g/mol. The summed E-state index contributed by atoms with van der Waals surface area (Å²) in [6.07, 6.45) is 0.00278. The first kappa shape index (κ1) is 12.5. The molecule has 2 rings (SSSR count). The predicted molar refractivity (Wildman–Crippen MR) is 66.3 cm³/mol. The maximum atomic E-state index is 12.9. The van der Waals surface area contributed by atoms with Gasteiger partial charge in [-0.15, -0.1) is 0 Å². The van der Waals surface area contributed by atoms with Crippen molar-refractivity contribution in [3.63, 3.8) is 0 Å². The molecule has 0 spiro atoms. The topological polar surface area (TPSA) is 21.3 Å². The lowest BCUT2D eigenvalue weighted by Crippen LogP contribution is -2.39. The number of ether oxygens (including phenoxy) is 1. The number of benzene rings is 1. The lowest BCUT2D eigenvalue weighted by molar-refractivity contribution is 0.0329. The molecule has 0 saturated carbocycles. The van der Waals surface area contributed by atoms with Crippen LogP contribution in [0.3, 0.4) is 0 Å². The highest BCUT2D eigenvalue weighted by Gasteiger charge is 2.28. The zero-order chi connectivity index (χ0) is 12.4. The second-order valence-corrected chi connectivity index (χ2v) is 5.03. The third-order valence-electron chi connectivity index (χ3n) is 3.57. The molecule has 3 heteroatoms. The number of halogens is 1. The second-order valence-electron chi connectivity index (χ2n) is 5.03. The fraction of sp³-hybridized carbons (Fsp3) is 0.571. The second kappa shape index (κ2) is 5.15. The molecule has 0 radical (unpaired) electrons. The Kier molecular flexibility index (Phi) is 3.79. The van der Waals surface area contributed by atoms with Crippen LogP contribution in [0.4, 0.5) is 4.39 Å². The Morgan fingerprint density at radius 3 is 2.41 bits per heavy atom. The molecule has 2 nitrogen and oxygen atoms in total. The summed E-state index contributed by atoms with van der Waals surface area (Å²) in [5.41, 5.74) is 1.03. The van der Waals surface area contributed by atoms with E-state index in [1.54, 1.807) is 12.1 Å². The van der Waals surface area contributed by atoms with Gasteiger partial charge >= 0.3 is 0 Å². The number of hydrogen-bond acceptors (Lipinski definition) is 2. The molecule has 1 fully saturated rings. The van der Waals surface area contributed by atoms with E-state index >= 15 is 0 Å². The van der Waals surface area contributed by atoms with Gasteiger partial charge in [0.25, 0.3) is 0 Å². The fourth-order valence-electron chi connectivity index (χ4n) is 2.25. The summed E-state index contributed by atoms with van der Waals surface area (Å²) in [5, 5.41) is 3.54. The van der Waals surface area contributed by atoms with Crippen molar-refractivity contribution in [2.45, 2.75) is 39.0 Å². The molecule has 0 bridgehead atoms. The lowest BCUT2D eigenvalue weighted by Gasteiger charge is -2.23. The summed E-state index contributed by atoms with van der Waals surface area (Å²) in [6, 6.07) is 7.26. The molecule has 4 unspecified atom stereocenters. The van der Waals surface area contributed by atoms with Crippen molar-refractivity contribution in [3.05, 3.63) is 35.6 Å². The third-order valence-corrected chi connectivity index (χ3v) is 3.57. The van der Waals surface area contributed by atoms with Gasteiger partial charge in [0, 0.05) is 12.1 Å². The van der Waals surface area contributed by atoms with E-state index < -0.39 is 0 Å². The standard InChI is InChI=1S/C14H20FNO/c1-9-8-17-14(11(3)16-10(9)2)12-4-6-13(15)7-5-12/h4-7,9-11,14,16H,8H2,1-3H3. The largest absolute Gasteiger partial charge is 0.372 e. The Labute approximate surface area is 102 Å². The van der Waals surface area contributed by atoms with Crippen LogP contribution < -0.4 is 5.32 Å². The van der Waals surface area contributed by atoms with Crippen molar-refractivity contribution in [1.29, 1.82) is 0 Å². The summed E-state index contributed by atoms with van der Waals surface area (Å²) < 4.78 is 18.8.